The van der Waals surface area contributed by atoms with E-state index in [9.17, 15) is 9.59 Å². The molecule has 7 heteroatoms. The fraction of sp³-hybridized carbons (Fsp3) is 0. The molecule has 0 radical (unpaired) electrons. The Morgan fingerprint density at radius 1 is 1.37 bits per heavy atom. The van der Waals surface area contributed by atoms with Crippen molar-refractivity contribution in [2.45, 2.75) is 0 Å². The third-order valence-electron chi connectivity index (χ3n) is 2.60. The first-order valence-corrected chi connectivity index (χ1v) is 7.23. The maximum absolute atomic E-state index is 12.1. The number of halogens is 1. The molecule has 0 aliphatic rings. The highest BCUT2D eigenvalue weighted by Gasteiger charge is 2.12. The van der Waals surface area contributed by atoms with E-state index >= 15 is 0 Å². The second-order valence-corrected chi connectivity index (χ2v) is 5.70. The average Bonchev–Trinajstić information content (AvgIpc) is 2.93. The molecule has 0 fully saturated rings. The number of hydrogen-bond donors (Lipinski definition) is 0. The Hall–Kier alpha value is -1.61. The van der Waals surface area contributed by atoms with Gasteiger partial charge in [0.15, 0.2) is 17.1 Å². The molecule has 0 aromatic carbocycles. The van der Waals surface area contributed by atoms with Crippen LogP contribution >= 0.6 is 33.9 Å². The molecule has 0 N–H and O–H groups in total. The van der Waals surface area contributed by atoms with Crippen molar-refractivity contribution < 1.29 is 4.79 Å². The monoisotopic (exact) mass is 383 g/mol. The van der Waals surface area contributed by atoms with E-state index in [-0.39, 0.29) is 11.0 Å². The lowest BCUT2D eigenvalue weighted by atomic mass is 10.2. The van der Waals surface area contributed by atoms with E-state index in [0.717, 1.165) is 3.70 Å². The van der Waals surface area contributed by atoms with Crippen molar-refractivity contribution in [1.29, 1.82) is 0 Å². The van der Waals surface area contributed by atoms with Gasteiger partial charge in [-0.25, -0.2) is 9.97 Å². The summed E-state index contributed by atoms with van der Waals surface area (Å²) in [6.07, 6.45) is 3.71. The number of hydrogen-bond acceptors (Lipinski definition) is 5. The lowest BCUT2D eigenvalue weighted by Gasteiger charge is -2.08. The summed E-state index contributed by atoms with van der Waals surface area (Å²) in [4.78, 5) is 31.7. The number of rotatable bonds is 2. The fourth-order valence-corrected chi connectivity index (χ4v) is 2.79. The smallest absolute Gasteiger partial charge is 0.201 e. The van der Waals surface area contributed by atoms with Crippen LogP contribution in [0.15, 0.2) is 34.7 Å². The molecular weight excluding hydrogens is 377 g/mol. The minimum Gasteiger partial charge on any atom is -0.298 e. The summed E-state index contributed by atoms with van der Waals surface area (Å²) in [7, 11) is 0. The van der Waals surface area contributed by atoms with Crippen LogP contribution in [0.1, 0.15) is 10.4 Å². The predicted molar refractivity (Wildman–Crippen MR) is 81.1 cm³/mol. The highest BCUT2D eigenvalue weighted by atomic mass is 127. The number of carbonyl (C=O) groups excluding carboxylic acids is 1. The minimum atomic E-state index is -0.304. The lowest BCUT2D eigenvalue weighted by Crippen LogP contribution is -2.14. The van der Waals surface area contributed by atoms with E-state index in [2.05, 4.69) is 32.6 Å². The summed E-state index contributed by atoms with van der Waals surface area (Å²) in [5.74, 6) is 0. The highest BCUT2D eigenvalue weighted by molar-refractivity contribution is 14.1. The quantitative estimate of drug-likeness (QED) is 0.387. The van der Waals surface area contributed by atoms with E-state index in [1.807, 2.05) is 5.38 Å². The number of aromatic nitrogens is 3. The SMILES string of the molecule is O=Cc1cn(-c2nccs2)c2nc(I)ccc2c1=O. The lowest BCUT2D eigenvalue weighted by molar-refractivity contribution is 0.112. The summed E-state index contributed by atoms with van der Waals surface area (Å²) >= 11 is 3.49. The maximum atomic E-state index is 12.1. The Kier molecular flexibility index (Phi) is 3.15. The molecule has 0 amide bonds. The third kappa shape index (κ3) is 2.08. The van der Waals surface area contributed by atoms with Crippen LogP contribution in [0.5, 0.6) is 0 Å². The van der Waals surface area contributed by atoms with Gasteiger partial charge in [0.2, 0.25) is 5.43 Å². The Morgan fingerprint density at radius 2 is 2.21 bits per heavy atom. The Labute approximate surface area is 125 Å². The molecule has 0 bridgehead atoms. The predicted octanol–water partition coefficient (Wildman–Crippen LogP) is 2.26. The zero-order valence-electron chi connectivity index (χ0n) is 9.41. The van der Waals surface area contributed by atoms with Crippen LogP contribution in [0.3, 0.4) is 0 Å². The van der Waals surface area contributed by atoms with Crippen molar-refractivity contribution in [3.8, 4) is 5.13 Å². The standard InChI is InChI=1S/C12H6IN3O2S/c13-9-2-1-8-10(18)7(6-17)5-16(11(8)15-9)12-14-3-4-19-12/h1-6H. The number of aldehydes is 1. The highest BCUT2D eigenvalue weighted by Crippen LogP contribution is 2.18. The maximum Gasteiger partial charge on any atom is 0.201 e. The molecule has 94 valence electrons. The van der Waals surface area contributed by atoms with Crippen molar-refractivity contribution in [2.75, 3.05) is 0 Å². The van der Waals surface area contributed by atoms with E-state index in [4.69, 9.17) is 0 Å². The Morgan fingerprint density at radius 3 is 2.89 bits per heavy atom. The first kappa shape index (κ1) is 12.4. The van der Waals surface area contributed by atoms with E-state index in [1.54, 1.807) is 22.9 Å². The second-order valence-electron chi connectivity index (χ2n) is 3.72. The molecule has 0 saturated heterocycles. The number of nitrogens with zero attached hydrogens (tertiary/aromatic N) is 3. The Balaban J connectivity index is 2.49. The van der Waals surface area contributed by atoms with Gasteiger partial charge in [-0.3, -0.25) is 14.2 Å². The summed E-state index contributed by atoms with van der Waals surface area (Å²) in [6, 6.07) is 3.43. The summed E-state index contributed by atoms with van der Waals surface area (Å²) < 4.78 is 2.45. The van der Waals surface area contributed by atoms with Crippen LogP contribution in [-0.2, 0) is 0 Å². The van der Waals surface area contributed by atoms with E-state index in [0.29, 0.717) is 22.5 Å². The van der Waals surface area contributed by atoms with Crippen LogP contribution in [0, 0.1) is 3.70 Å². The van der Waals surface area contributed by atoms with Crippen LogP contribution in [0.2, 0.25) is 0 Å². The van der Waals surface area contributed by atoms with Gasteiger partial charge in [0, 0.05) is 17.8 Å². The molecule has 0 aliphatic heterocycles. The van der Waals surface area contributed by atoms with Crippen LogP contribution in [-0.4, -0.2) is 20.8 Å². The normalized spacial score (nSPS) is 10.8. The summed E-state index contributed by atoms with van der Waals surface area (Å²) in [6.45, 7) is 0. The molecule has 0 aliphatic carbocycles. The van der Waals surface area contributed by atoms with Gasteiger partial charge in [0.1, 0.15) is 3.70 Å². The zero-order chi connectivity index (χ0) is 13.4. The molecular formula is C12H6IN3O2S. The van der Waals surface area contributed by atoms with Crippen LogP contribution in [0.4, 0.5) is 0 Å². The average molecular weight is 383 g/mol. The van der Waals surface area contributed by atoms with Gasteiger partial charge >= 0.3 is 0 Å². The molecule has 0 unspecified atom stereocenters. The number of pyridine rings is 2. The van der Waals surface area contributed by atoms with Crippen molar-refractivity contribution in [1.82, 2.24) is 14.5 Å². The van der Waals surface area contributed by atoms with Crippen molar-refractivity contribution >= 4 is 51.2 Å². The molecule has 3 rings (SSSR count). The van der Waals surface area contributed by atoms with Gasteiger partial charge in [-0.1, -0.05) is 0 Å². The number of thiazole rings is 1. The van der Waals surface area contributed by atoms with Gasteiger partial charge in [0.05, 0.1) is 10.9 Å². The molecule has 5 nitrogen and oxygen atoms in total. The van der Waals surface area contributed by atoms with Crippen molar-refractivity contribution in [2.24, 2.45) is 0 Å². The van der Waals surface area contributed by atoms with Crippen LogP contribution < -0.4 is 5.43 Å². The molecule has 19 heavy (non-hydrogen) atoms. The molecule has 0 atom stereocenters. The molecule has 3 aromatic rings. The molecule has 3 heterocycles. The summed E-state index contributed by atoms with van der Waals surface area (Å²) in [5.41, 5.74) is 0.310. The topological polar surface area (TPSA) is 64.8 Å². The van der Waals surface area contributed by atoms with Crippen LogP contribution in [0.25, 0.3) is 16.2 Å². The third-order valence-corrected chi connectivity index (χ3v) is 3.97. The fourth-order valence-electron chi connectivity index (χ4n) is 1.77. The first-order valence-electron chi connectivity index (χ1n) is 5.27. The van der Waals surface area contributed by atoms with Gasteiger partial charge in [-0.15, -0.1) is 11.3 Å². The molecule has 0 saturated carbocycles. The Bertz CT molecular complexity index is 827. The minimum absolute atomic E-state index is 0.103. The number of carbonyl (C=O) groups is 1. The van der Waals surface area contributed by atoms with E-state index in [1.165, 1.54) is 17.5 Å². The van der Waals surface area contributed by atoms with Gasteiger partial charge in [0.25, 0.3) is 0 Å². The van der Waals surface area contributed by atoms with Crippen molar-refractivity contribution in [3.05, 3.63) is 49.4 Å². The molecule has 3 aromatic heterocycles. The van der Waals surface area contributed by atoms with E-state index < -0.39 is 0 Å². The second kappa shape index (κ2) is 4.82. The van der Waals surface area contributed by atoms with Gasteiger partial charge < -0.3 is 0 Å². The number of fused-ring (bicyclic) bond motifs is 1. The zero-order valence-corrected chi connectivity index (χ0v) is 12.4. The first-order chi connectivity index (χ1) is 9.20. The largest absolute Gasteiger partial charge is 0.298 e. The van der Waals surface area contributed by atoms with Gasteiger partial charge in [-0.05, 0) is 34.7 Å². The van der Waals surface area contributed by atoms with Crippen molar-refractivity contribution in [3.63, 3.8) is 0 Å². The summed E-state index contributed by atoms with van der Waals surface area (Å²) in [5, 5.41) is 2.91. The molecule has 0 spiro atoms. The van der Waals surface area contributed by atoms with Gasteiger partial charge in [-0.2, -0.15) is 0 Å².